The molecule has 0 aliphatic carbocycles. The van der Waals surface area contributed by atoms with Gasteiger partial charge in [0.05, 0.1) is 29.5 Å². The Labute approximate surface area is 270 Å². The molecule has 3 amide bonds. The van der Waals surface area contributed by atoms with Crippen LogP contribution in [0.25, 0.3) is 11.1 Å². The Hall–Kier alpha value is -4.17. The molecule has 12 nitrogen and oxygen atoms in total. The number of carbonyl (C=O) groups is 2. The van der Waals surface area contributed by atoms with Crippen molar-refractivity contribution in [3.63, 3.8) is 0 Å². The van der Waals surface area contributed by atoms with Gasteiger partial charge in [-0.15, -0.1) is 0 Å². The molecule has 1 fully saturated rings. The third-order valence-corrected chi connectivity index (χ3v) is 9.88. The number of nitrogens with one attached hydrogen (secondary N) is 1. The summed E-state index contributed by atoms with van der Waals surface area (Å²) in [5.41, 5.74) is -0.170. The molecule has 1 atom stereocenters. The van der Waals surface area contributed by atoms with Crippen LogP contribution in [0.5, 0.6) is 5.75 Å². The van der Waals surface area contributed by atoms with E-state index >= 15 is 0 Å². The first-order chi connectivity index (χ1) is 21.8. The first-order valence-electron chi connectivity index (χ1n) is 14.8. The van der Waals surface area contributed by atoms with E-state index in [1.165, 1.54) is 19.1 Å². The Bertz CT molecular complexity index is 1900. The summed E-state index contributed by atoms with van der Waals surface area (Å²) in [6, 6.07) is 7.99. The number of halogens is 2. The fraction of sp³-hybridized carbons (Fsp3) is 0.419. The molecular formula is C31H35ClFN5O7S. The van der Waals surface area contributed by atoms with Crippen LogP contribution in [0.1, 0.15) is 31.4 Å². The van der Waals surface area contributed by atoms with Crippen LogP contribution in [0.4, 0.5) is 14.9 Å². The topological polar surface area (TPSA) is 140 Å². The highest BCUT2D eigenvalue weighted by Crippen LogP contribution is 2.29. The number of benzene rings is 2. The fourth-order valence-corrected chi connectivity index (χ4v) is 7.36. The minimum atomic E-state index is -3.60. The normalized spacial score (nSPS) is 16.4. The number of hydrogen-bond donors (Lipinski definition) is 1. The Morgan fingerprint density at radius 3 is 2.50 bits per heavy atom. The maximum atomic E-state index is 14.3. The number of urea groups is 1. The van der Waals surface area contributed by atoms with Gasteiger partial charge in [-0.05, 0) is 56.0 Å². The van der Waals surface area contributed by atoms with E-state index < -0.39 is 51.2 Å². The molecule has 2 aromatic carbocycles. The van der Waals surface area contributed by atoms with E-state index in [9.17, 15) is 32.0 Å². The van der Waals surface area contributed by atoms with Gasteiger partial charge in [0.2, 0.25) is 5.91 Å². The number of nitrogens with zero attached hydrogens (tertiary/aromatic N) is 4. The molecule has 0 radical (unpaired) electrons. The minimum Gasteiger partial charge on any atom is -0.497 e. The van der Waals surface area contributed by atoms with Crippen LogP contribution in [0, 0.1) is 5.82 Å². The summed E-state index contributed by atoms with van der Waals surface area (Å²) in [6.45, 7) is 2.12. The highest BCUT2D eigenvalue weighted by atomic mass is 35.5. The molecular weight excluding hydrogens is 641 g/mol. The Morgan fingerprint density at radius 1 is 1.11 bits per heavy atom. The van der Waals surface area contributed by atoms with Crippen LogP contribution in [0.3, 0.4) is 0 Å². The molecule has 2 aliphatic heterocycles. The van der Waals surface area contributed by atoms with Gasteiger partial charge in [0.25, 0.3) is 5.56 Å². The molecule has 3 aromatic rings. The van der Waals surface area contributed by atoms with Gasteiger partial charge in [0.15, 0.2) is 0 Å². The van der Waals surface area contributed by atoms with Crippen LogP contribution in [-0.4, -0.2) is 84.1 Å². The number of ether oxygens (including phenoxy) is 1. The molecule has 3 heterocycles. The maximum Gasteiger partial charge on any atom is 0.331 e. The Balaban J connectivity index is 1.35. The first kappa shape index (κ1) is 33.2. The smallest absolute Gasteiger partial charge is 0.331 e. The summed E-state index contributed by atoms with van der Waals surface area (Å²) >= 11 is 6.18. The van der Waals surface area contributed by atoms with Gasteiger partial charge in [0.1, 0.15) is 27.9 Å². The second-order valence-corrected chi connectivity index (χ2v) is 14.2. The number of carbonyl (C=O) groups excluding carboxylic acids is 2. The van der Waals surface area contributed by atoms with Gasteiger partial charge in [-0.3, -0.25) is 18.7 Å². The number of aromatic nitrogens is 2. The third-order valence-electron chi connectivity index (χ3n) is 8.41. The maximum absolute atomic E-state index is 14.3. The van der Waals surface area contributed by atoms with Gasteiger partial charge in [0, 0.05) is 49.4 Å². The number of sulfone groups is 1. The number of anilines is 1. The van der Waals surface area contributed by atoms with E-state index in [2.05, 4.69) is 5.32 Å². The number of likely N-dealkylation sites (tertiary alicyclic amines) is 1. The third kappa shape index (κ3) is 6.97. The molecule has 5 rings (SSSR count). The van der Waals surface area contributed by atoms with Gasteiger partial charge >= 0.3 is 11.7 Å². The van der Waals surface area contributed by atoms with Crippen LogP contribution in [0.2, 0.25) is 5.02 Å². The van der Waals surface area contributed by atoms with E-state index in [-0.39, 0.29) is 28.2 Å². The largest absolute Gasteiger partial charge is 0.497 e. The highest BCUT2D eigenvalue weighted by molar-refractivity contribution is 7.90. The molecule has 0 saturated carbocycles. The number of amides is 3. The van der Waals surface area contributed by atoms with Crippen molar-refractivity contribution in [1.82, 2.24) is 18.9 Å². The summed E-state index contributed by atoms with van der Waals surface area (Å²) in [4.78, 5) is 57.0. The highest BCUT2D eigenvalue weighted by Gasteiger charge is 2.32. The average Bonchev–Trinajstić information content (AvgIpc) is 3.16. The summed E-state index contributed by atoms with van der Waals surface area (Å²) in [7, 11) is -2.01. The summed E-state index contributed by atoms with van der Waals surface area (Å²) in [6.07, 6.45) is 3.82. The predicted molar refractivity (Wildman–Crippen MR) is 172 cm³/mol. The zero-order valence-electron chi connectivity index (χ0n) is 25.7. The quantitative estimate of drug-likeness (QED) is 0.387. The average molecular weight is 676 g/mol. The molecule has 1 unspecified atom stereocenters. The van der Waals surface area contributed by atoms with E-state index in [1.54, 1.807) is 23.0 Å². The molecule has 46 heavy (non-hydrogen) atoms. The van der Waals surface area contributed by atoms with Crippen molar-refractivity contribution in [3.8, 4) is 16.9 Å². The molecule has 0 bridgehead atoms. The lowest BCUT2D eigenvalue weighted by atomic mass is 10.0. The van der Waals surface area contributed by atoms with Crippen molar-refractivity contribution in [3.05, 3.63) is 79.8 Å². The molecule has 1 aromatic heterocycles. The molecule has 246 valence electrons. The SMILES string of the molecule is COc1ccc2c(c1)CCN(C1CCN(C(=O)Cn3cc(-c4cccc(F)c4Cl)c(=O)n(C(C)CS(C)(=O)=O)c3=O)CC1)C(=O)N2. The van der Waals surface area contributed by atoms with Crippen molar-refractivity contribution in [2.24, 2.45) is 0 Å². The van der Waals surface area contributed by atoms with Gasteiger partial charge in [-0.2, -0.15) is 0 Å². The first-order valence-corrected chi connectivity index (χ1v) is 17.2. The van der Waals surface area contributed by atoms with Gasteiger partial charge < -0.3 is 19.9 Å². The van der Waals surface area contributed by atoms with Crippen LogP contribution >= 0.6 is 11.6 Å². The van der Waals surface area contributed by atoms with Crippen molar-refractivity contribution in [2.75, 3.05) is 44.1 Å². The van der Waals surface area contributed by atoms with Crippen molar-refractivity contribution in [1.29, 1.82) is 0 Å². The van der Waals surface area contributed by atoms with Gasteiger partial charge in [-0.1, -0.05) is 23.7 Å². The number of fused-ring (bicyclic) bond motifs is 1. The number of hydrogen-bond acceptors (Lipinski definition) is 7. The van der Waals surface area contributed by atoms with Crippen LogP contribution < -0.4 is 21.3 Å². The standard InChI is InChI=1S/C31H35ClFN5O7S/c1-19(18-46(3,43)44)38-29(40)24(23-5-4-6-25(33)28(23)32)16-36(31(38)42)17-27(39)35-12-10-21(11-13-35)37-14-9-20-15-22(45-2)7-8-26(20)34-30(37)41/h4-8,15-16,19,21H,9-14,17-18H2,1-3H3,(H,34,41). The zero-order valence-corrected chi connectivity index (χ0v) is 27.2. The number of methoxy groups -OCH3 is 1. The summed E-state index contributed by atoms with van der Waals surface area (Å²) < 4.78 is 45.5. The predicted octanol–water partition coefficient (Wildman–Crippen LogP) is 3.16. The minimum absolute atomic E-state index is 0.00491. The lowest BCUT2D eigenvalue weighted by Crippen LogP contribution is -2.51. The number of piperidine rings is 1. The molecule has 2 aliphatic rings. The lowest BCUT2D eigenvalue weighted by molar-refractivity contribution is -0.133. The fourth-order valence-electron chi connectivity index (χ4n) is 6.11. The van der Waals surface area contributed by atoms with Crippen molar-refractivity contribution in [2.45, 2.75) is 44.8 Å². The van der Waals surface area contributed by atoms with Crippen molar-refractivity contribution < 1.29 is 27.1 Å². The Kier molecular flexibility index (Phi) is 9.59. The lowest BCUT2D eigenvalue weighted by Gasteiger charge is -2.38. The van der Waals surface area contributed by atoms with E-state index in [4.69, 9.17) is 16.3 Å². The summed E-state index contributed by atoms with van der Waals surface area (Å²) in [5, 5.41) is 2.62. The van der Waals surface area contributed by atoms with E-state index in [1.807, 2.05) is 12.1 Å². The Morgan fingerprint density at radius 2 is 1.83 bits per heavy atom. The van der Waals surface area contributed by atoms with Crippen LogP contribution in [-0.2, 0) is 27.6 Å². The van der Waals surface area contributed by atoms with E-state index in [0.29, 0.717) is 44.6 Å². The number of rotatable bonds is 8. The molecule has 1 saturated heterocycles. The molecule has 0 spiro atoms. The van der Waals surface area contributed by atoms with Gasteiger partial charge in [-0.25, -0.2) is 22.4 Å². The van der Waals surface area contributed by atoms with Crippen molar-refractivity contribution >= 4 is 39.1 Å². The molecule has 1 N–H and O–H groups in total. The zero-order chi connectivity index (χ0) is 33.3. The molecule has 15 heteroatoms. The monoisotopic (exact) mass is 675 g/mol. The second kappa shape index (κ2) is 13.3. The van der Waals surface area contributed by atoms with E-state index in [0.717, 1.165) is 38.9 Å². The second-order valence-electron chi connectivity index (χ2n) is 11.7. The summed E-state index contributed by atoms with van der Waals surface area (Å²) in [5.74, 6) is -0.990. The van der Waals surface area contributed by atoms with Crippen LogP contribution in [0.15, 0.2) is 52.2 Å².